The Kier molecular flexibility index (Phi) is 3.90. The Labute approximate surface area is 123 Å². The van der Waals surface area contributed by atoms with Crippen LogP contribution in [-0.4, -0.2) is 24.4 Å². The average molecular weight is 290 g/mol. The number of anilines is 1. The summed E-state index contributed by atoms with van der Waals surface area (Å²) in [6.07, 6.45) is 4.49. The van der Waals surface area contributed by atoms with Gasteiger partial charge >= 0.3 is 0 Å². The van der Waals surface area contributed by atoms with Crippen molar-refractivity contribution in [2.24, 2.45) is 5.92 Å². The van der Waals surface area contributed by atoms with Gasteiger partial charge in [0.1, 0.15) is 5.82 Å². The van der Waals surface area contributed by atoms with Gasteiger partial charge in [-0.3, -0.25) is 9.59 Å². The Hall–Kier alpha value is -1.91. The van der Waals surface area contributed by atoms with E-state index < -0.39 is 5.82 Å². The summed E-state index contributed by atoms with van der Waals surface area (Å²) in [5.41, 5.74) is 0.263. The first-order valence-electron chi connectivity index (χ1n) is 7.50. The van der Waals surface area contributed by atoms with Crippen molar-refractivity contribution < 1.29 is 14.0 Å². The Morgan fingerprint density at radius 1 is 1.24 bits per heavy atom. The zero-order valence-corrected chi connectivity index (χ0v) is 11.8. The largest absolute Gasteiger partial charge is 0.353 e. The maximum atomic E-state index is 13.8. The highest BCUT2D eigenvalue weighted by molar-refractivity contribution is 6.00. The first-order chi connectivity index (χ1) is 10.1. The molecule has 1 aromatic carbocycles. The second-order valence-corrected chi connectivity index (χ2v) is 5.85. The molecule has 21 heavy (non-hydrogen) atoms. The van der Waals surface area contributed by atoms with Gasteiger partial charge in [-0.25, -0.2) is 4.39 Å². The second-order valence-electron chi connectivity index (χ2n) is 5.85. The number of carbonyl (C=O) groups is 2. The normalized spacial score (nSPS) is 22.8. The number of hydrogen-bond donors (Lipinski definition) is 1. The van der Waals surface area contributed by atoms with Crippen LogP contribution in [0.3, 0.4) is 0 Å². The lowest BCUT2D eigenvalue weighted by atomic mass is 10.1. The summed E-state index contributed by atoms with van der Waals surface area (Å²) < 4.78 is 13.8. The lowest BCUT2D eigenvalue weighted by Gasteiger charge is -2.18. The summed E-state index contributed by atoms with van der Waals surface area (Å²) in [5, 5.41) is 3.02. The molecule has 0 aromatic heterocycles. The molecule has 2 aliphatic rings. The average Bonchev–Trinajstić information content (AvgIpc) is 3.09. The van der Waals surface area contributed by atoms with Crippen LogP contribution in [0.4, 0.5) is 10.1 Å². The molecule has 2 fully saturated rings. The van der Waals surface area contributed by atoms with Crippen molar-refractivity contribution in [2.75, 3.05) is 11.4 Å². The predicted octanol–water partition coefficient (Wildman–Crippen LogP) is 2.24. The smallest absolute Gasteiger partial charge is 0.227 e. The molecule has 1 saturated heterocycles. The molecule has 1 aromatic rings. The third-order valence-corrected chi connectivity index (χ3v) is 4.34. The first-order valence-corrected chi connectivity index (χ1v) is 7.50. The van der Waals surface area contributed by atoms with Crippen LogP contribution in [0.2, 0.25) is 0 Å². The summed E-state index contributed by atoms with van der Waals surface area (Å²) in [6.45, 7) is 0.262. The topological polar surface area (TPSA) is 49.4 Å². The van der Waals surface area contributed by atoms with E-state index in [1.165, 1.54) is 11.0 Å². The van der Waals surface area contributed by atoms with Crippen molar-refractivity contribution >= 4 is 17.5 Å². The highest BCUT2D eigenvalue weighted by Gasteiger charge is 2.36. The maximum Gasteiger partial charge on any atom is 0.227 e. The summed E-state index contributed by atoms with van der Waals surface area (Å²) in [5.74, 6) is -1.07. The molecule has 0 spiro atoms. The van der Waals surface area contributed by atoms with Gasteiger partial charge in [-0.05, 0) is 25.0 Å². The number of halogens is 1. The molecular formula is C16H19FN2O2. The van der Waals surface area contributed by atoms with Crippen molar-refractivity contribution in [3.05, 3.63) is 30.1 Å². The Bertz CT molecular complexity index is 555. The summed E-state index contributed by atoms with van der Waals surface area (Å²) >= 11 is 0. The minimum atomic E-state index is -0.428. The number of hydrogen-bond acceptors (Lipinski definition) is 2. The van der Waals surface area contributed by atoms with Crippen LogP contribution in [0.1, 0.15) is 32.1 Å². The van der Waals surface area contributed by atoms with E-state index in [-0.39, 0.29) is 42.4 Å². The molecule has 0 unspecified atom stereocenters. The zero-order chi connectivity index (χ0) is 14.8. The number of amides is 2. The molecule has 1 N–H and O–H groups in total. The van der Waals surface area contributed by atoms with Crippen LogP contribution in [0.5, 0.6) is 0 Å². The van der Waals surface area contributed by atoms with Crippen LogP contribution in [0.15, 0.2) is 24.3 Å². The van der Waals surface area contributed by atoms with Gasteiger partial charge < -0.3 is 10.2 Å². The van der Waals surface area contributed by atoms with Gasteiger partial charge in [0.2, 0.25) is 11.8 Å². The monoisotopic (exact) mass is 290 g/mol. The van der Waals surface area contributed by atoms with Crippen molar-refractivity contribution in [3.8, 4) is 0 Å². The highest BCUT2D eigenvalue weighted by atomic mass is 19.1. The molecule has 5 heteroatoms. The molecule has 1 aliphatic carbocycles. The molecular weight excluding hydrogens is 271 g/mol. The zero-order valence-electron chi connectivity index (χ0n) is 11.8. The van der Waals surface area contributed by atoms with Crippen LogP contribution < -0.4 is 10.2 Å². The van der Waals surface area contributed by atoms with Gasteiger partial charge in [-0.1, -0.05) is 25.0 Å². The molecule has 0 bridgehead atoms. The number of nitrogens with one attached hydrogen (secondary N) is 1. The number of nitrogens with zero attached hydrogens (tertiary/aromatic N) is 1. The summed E-state index contributed by atoms with van der Waals surface area (Å²) in [6, 6.07) is 6.43. The Morgan fingerprint density at radius 3 is 2.67 bits per heavy atom. The van der Waals surface area contributed by atoms with Crippen LogP contribution >= 0.6 is 0 Å². The molecule has 0 radical (unpaired) electrons. The molecule has 1 aliphatic heterocycles. The van der Waals surface area contributed by atoms with Gasteiger partial charge in [0.05, 0.1) is 11.6 Å². The van der Waals surface area contributed by atoms with Gasteiger partial charge in [0, 0.05) is 19.0 Å². The van der Waals surface area contributed by atoms with Crippen molar-refractivity contribution in [1.29, 1.82) is 0 Å². The minimum absolute atomic E-state index is 0.0749. The number of para-hydroxylation sites is 1. The maximum absolute atomic E-state index is 13.8. The standard InChI is InChI=1S/C16H19FN2O2/c17-13-7-3-4-8-14(13)19-10-11(9-15(19)20)16(21)18-12-5-1-2-6-12/h3-4,7-8,11-12H,1-2,5-6,9-10H2,(H,18,21)/t11-/m1/s1. The van der Waals surface area contributed by atoms with E-state index in [0.29, 0.717) is 0 Å². The second kappa shape index (κ2) is 5.84. The van der Waals surface area contributed by atoms with Gasteiger partial charge in [0.15, 0.2) is 0 Å². The fourth-order valence-corrected chi connectivity index (χ4v) is 3.18. The van der Waals surface area contributed by atoms with E-state index in [1.54, 1.807) is 18.2 Å². The third-order valence-electron chi connectivity index (χ3n) is 4.34. The van der Waals surface area contributed by atoms with Crippen LogP contribution in [0.25, 0.3) is 0 Å². The van der Waals surface area contributed by atoms with E-state index in [1.807, 2.05) is 0 Å². The third kappa shape index (κ3) is 2.91. The van der Waals surface area contributed by atoms with Gasteiger partial charge in [-0.15, -0.1) is 0 Å². The molecule has 1 atom stereocenters. The lowest BCUT2D eigenvalue weighted by molar-refractivity contribution is -0.126. The Balaban J connectivity index is 1.67. The number of carbonyl (C=O) groups excluding carboxylic acids is 2. The molecule has 4 nitrogen and oxygen atoms in total. The molecule has 2 amide bonds. The van der Waals surface area contributed by atoms with Crippen LogP contribution in [0, 0.1) is 11.7 Å². The van der Waals surface area contributed by atoms with E-state index in [4.69, 9.17) is 0 Å². The van der Waals surface area contributed by atoms with Crippen molar-refractivity contribution in [3.63, 3.8) is 0 Å². The fourth-order valence-electron chi connectivity index (χ4n) is 3.18. The van der Waals surface area contributed by atoms with E-state index in [0.717, 1.165) is 25.7 Å². The van der Waals surface area contributed by atoms with E-state index >= 15 is 0 Å². The quantitative estimate of drug-likeness (QED) is 0.928. The predicted molar refractivity (Wildman–Crippen MR) is 77.3 cm³/mol. The number of rotatable bonds is 3. The SMILES string of the molecule is O=C(NC1CCCC1)[C@@H]1CC(=O)N(c2ccccc2F)C1. The molecule has 112 valence electrons. The van der Waals surface area contributed by atoms with Gasteiger partial charge in [0.25, 0.3) is 0 Å². The van der Waals surface area contributed by atoms with E-state index in [2.05, 4.69) is 5.32 Å². The van der Waals surface area contributed by atoms with E-state index in [9.17, 15) is 14.0 Å². The lowest BCUT2D eigenvalue weighted by Crippen LogP contribution is -2.38. The first kappa shape index (κ1) is 14.0. The summed E-state index contributed by atoms with van der Waals surface area (Å²) in [7, 11) is 0. The number of benzene rings is 1. The fraction of sp³-hybridized carbons (Fsp3) is 0.500. The minimum Gasteiger partial charge on any atom is -0.353 e. The molecule has 1 heterocycles. The van der Waals surface area contributed by atoms with Crippen LogP contribution in [-0.2, 0) is 9.59 Å². The highest BCUT2D eigenvalue weighted by Crippen LogP contribution is 2.28. The van der Waals surface area contributed by atoms with Crippen molar-refractivity contribution in [1.82, 2.24) is 5.32 Å². The van der Waals surface area contributed by atoms with Crippen molar-refractivity contribution in [2.45, 2.75) is 38.1 Å². The van der Waals surface area contributed by atoms with Gasteiger partial charge in [-0.2, -0.15) is 0 Å². The Morgan fingerprint density at radius 2 is 1.95 bits per heavy atom. The summed E-state index contributed by atoms with van der Waals surface area (Å²) in [4.78, 5) is 25.7. The molecule has 1 saturated carbocycles. The molecule has 3 rings (SSSR count).